The van der Waals surface area contributed by atoms with Crippen molar-refractivity contribution in [2.45, 2.75) is 19.4 Å². The van der Waals surface area contributed by atoms with E-state index in [1.54, 1.807) is 6.07 Å². The lowest BCUT2D eigenvalue weighted by Crippen LogP contribution is -2.26. The normalized spacial score (nSPS) is 10.8. The molecule has 1 amide bonds. The van der Waals surface area contributed by atoms with Crippen molar-refractivity contribution in [3.63, 3.8) is 0 Å². The van der Waals surface area contributed by atoms with Crippen molar-refractivity contribution in [2.24, 2.45) is 0 Å². The Labute approximate surface area is 140 Å². The summed E-state index contributed by atoms with van der Waals surface area (Å²) in [5.41, 5.74) is 2.97. The van der Waals surface area contributed by atoms with Crippen LogP contribution in [0.4, 0.5) is 0 Å². The van der Waals surface area contributed by atoms with Gasteiger partial charge in [-0.1, -0.05) is 41.9 Å². The molecule has 0 saturated heterocycles. The third-order valence-electron chi connectivity index (χ3n) is 3.73. The number of carbonyl (C=O) groups is 1. The average Bonchev–Trinajstić information content (AvgIpc) is 2.97. The molecule has 0 radical (unpaired) electrons. The smallest absolute Gasteiger partial charge is 0.224 e. The van der Waals surface area contributed by atoms with E-state index >= 15 is 0 Å². The highest BCUT2D eigenvalue weighted by molar-refractivity contribution is 6.31. The first-order chi connectivity index (χ1) is 11.2. The number of carbonyl (C=O) groups excluding carboxylic acids is 1. The molecule has 0 aliphatic rings. The van der Waals surface area contributed by atoms with Gasteiger partial charge in [-0.15, -0.1) is 0 Å². The van der Waals surface area contributed by atoms with Gasteiger partial charge in [0, 0.05) is 18.1 Å². The van der Waals surface area contributed by atoms with Crippen LogP contribution in [-0.4, -0.2) is 22.0 Å². The highest BCUT2D eigenvalue weighted by atomic mass is 35.5. The molecule has 0 bridgehead atoms. The third kappa shape index (κ3) is 3.90. The second-order valence-corrected chi connectivity index (χ2v) is 5.81. The van der Waals surface area contributed by atoms with Gasteiger partial charge in [-0.2, -0.15) is 0 Å². The molecule has 118 valence electrons. The van der Waals surface area contributed by atoms with Gasteiger partial charge in [0.15, 0.2) is 0 Å². The van der Waals surface area contributed by atoms with Crippen LogP contribution in [0.2, 0.25) is 5.02 Å². The van der Waals surface area contributed by atoms with Crippen LogP contribution in [0.3, 0.4) is 0 Å². The SMILES string of the molecule is O=C(Cc1ccccc1Cl)NCCCn1cnc2ccccc21. The van der Waals surface area contributed by atoms with E-state index in [0.717, 1.165) is 29.6 Å². The first-order valence-electron chi connectivity index (χ1n) is 7.64. The van der Waals surface area contributed by atoms with E-state index in [1.807, 2.05) is 42.7 Å². The highest BCUT2D eigenvalue weighted by Gasteiger charge is 2.06. The van der Waals surface area contributed by atoms with Crippen LogP contribution in [0.25, 0.3) is 11.0 Å². The summed E-state index contributed by atoms with van der Waals surface area (Å²) in [4.78, 5) is 16.3. The van der Waals surface area contributed by atoms with Crippen LogP contribution >= 0.6 is 11.6 Å². The Morgan fingerprint density at radius 2 is 1.91 bits per heavy atom. The molecule has 1 N–H and O–H groups in total. The maximum Gasteiger partial charge on any atom is 0.224 e. The number of benzene rings is 2. The van der Waals surface area contributed by atoms with Crippen LogP contribution < -0.4 is 5.32 Å². The maximum atomic E-state index is 11.9. The van der Waals surface area contributed by atoms with Crippen LogP contribution in [0.15, 0.2) is 54.9 Å². The lowest BCUT2D eigenvalue weighted by molar-refractivity contribution is -0.120. The molecule has 0 unspecified atom stereocenters. The topological polar surface area (TPSA) is 46.9 Å². The van der Waals surface area contributed by atoms with Crippen LogP contribution in [0, 0.1) is 0 Å². The lowest BCUT2D eigenvalue weighted by atomic mass is 10.1. The fourth-order valence-corrected chi connectivity index (χ4v) is 2.75. The van der Waals surface area contributed by atoms with Crippen molar-refractivity contribution in [3.8, 4) is 0 Å². The molecule has 0 aliphatic carbocycles. The second kappa shape index (κ2) is 7.29. The number of aromatic nitrogens is 2. The zero-order chi connectivity index (χ0) is 16.1. The van der Waals surface area contributed by atoms with Crippen molar-refractivity contribution in [1.82, 2.24) is 14.9 Å². The molecule has 1 heterocycles. The van der Waals surface area contributed by atoms with Crippen molar-refractivity contribution in [3.05, 3.63) is 65.4 Å². The molecule has 3 aromatic rings. The summed E-state index contributed by atoms with van der Waals surface area (Å²) in [5.74, 6) is -0.00594. The average molecular weight is 328 g/mol. The summed E-state index contributed by atoms with van der Waals surface area (Å²) < 4.78 is 2.11. The van der Waals surface area contributed by atoms with E-state index in [-0.39, 0.29) is 5.91 Å². The number of nitrogens with one attached hydrogen (secondary N) is 1. The van der Waals surface area contributed by atoms with Gasteiger partial charge in [0.1, 0.15) is 0 Å². The predicted octanol–water partition coefficient (Wildman–Crippen LogP) is 3.44. The van der Waals surface area contributed by atoms with Gasteiger partial charge < -0.3 is 9.88 Å². The summed E-state index contributed by atoms with van der Waals surface area (Å²) in [6.07, 6.45) is 3.01. The van der Waals surface area contributed by atoms with Crippen LogP contribution in [0.5, 0.6) is 0 Å². The number of fused-ring (bicyclic) bond motifs is 1. The molecule has 0 spiro atoms. The number of halogens is 1. The van der Waals surface area contributed by atoms with Crippen LogP contribution in [0.1, 0.15) is 12.0 Å². The molecule has 1 aromatic heterocycles. The maximum absolute atomic E-state index is 11.9. The van der Waals surface area contributed by atoms with Gasteiger partial charge in [-0.3, -0.25) is 4.79 Å². The molecule has 0 saturated carbocycles. The number of hydrogen-bond donors (Lipinski definition) is 1. The Morgan fingerprint density at radius 3 is 2.78 bits per heavy atom. The van der Waals surface area contributed by atoms with E-state index in [2.05, 4.69) is 20.9 Å². The number of amides is 1. The van der Waals surface area contributed by atoms with E-state index in [4.69, 9.17) is 11.6 Å². The number of para-hydroxylation sites is 2. The Bertz CT molecular complexity index is 813. The summed E-state index contributed by atoms with van der Waals surface area (Å²) in [6.45, 7) is 1.46. The van der Waals surface area contributed by atoms with Gasteiger partial charge in [-0.05, 0) is 30.2 Å². The minimum absolute atomic E-state index is 0.00594. The first kappa shape index (κ1) is 15.6. The van der Waals surface area contributed by atoms with Gasteiger partial charge in [0.2, 0.25) is 5.91 Å². The van der Waals surface area contributed by atoms with Crippen molar-refractivity contribution in [2.75, 3.05) is 6.54 Å². The van der Waals surface area contributed by atoms with E-state index in [1.165, 1.54) is 0 Å². The summed E-state index contributed by atoms with van der Waals surface area (Å²) in [6, 6.07) is 15.5. The minimum atomic E-state index is -0.00594. The minimum Gasteiger partial charge on any atom is -0.356 e. The Balaban J connectivity index is 1.46. The lowest BCUT2D eigenvalue weighted by Gasteiger charge is -2.07. The summed E-state index contributed by atoms with van der Waals surface area (Å²) in [7, 11) is 0. The van der Waals surface area contributed by atoms with Gasteiger partial charge in [-0.25, -0.2) is 4.98 Å². The van der Waals surface area contributed by atoms with E-state index in [0.29, 0.717) is 18.0 Å². The Hall–Kier alpha value is -2.33. The summed E-state index contributed by atoms with van der Waals surface area (Å²) >= 11 is 6.06. The Kier molecular flexibility index (Phi) is 4.93. The Morgan fingerprint density at radius 1 is 1.13 bits per heavy atom. The standard InChI is InChI=1S/C18H18ClN3O/c19-15-7-2-1-6-14(15)12-18(23)20-10-5-11-22-13-21-16-8-3-4-9-17(16)22/h1-4,6-9,13H,5,10-12H2,(H,20,23). The molecule has 0 fully saturated rings. The predicted molar refractivity (Wildman–Crippen MR) is 92.5 cm³/mol. The number of hydrogen-bond acceptors (Lipinski definition) is 2. The third-order valence-corrected chi connectivity index (χ3v) is 4.10. The van der Waals surface area contributed by atoms with Gasteiger partial charge in [0.25, 0.3) is 0 Å². The molecule has 2 aromatic carbocycles. The summed E-state index contributed by atoms with van der Waals surface area (Å²) in [5, 5.41) is 3.57. The van der Waals surface area contributed by atoms with Gasteiger partial charge >= 0.3 is 0 Å². The van der Waals surface area contributed by atoms with Crippen molar-refractivity contribution >= 4 is 28.5 Å². The molecule has 3 rings (SSSR count). The monoisotopic (exact) mass is 327 g/mol. The molecular formula is C18H18ClN3O. The molecular weight excluding hydrogens is 310 g/mol. The largest absolute Gasteiger partial charge is 0.356 e. The fourth-order valence-electron chi connectivity index (χ4n) is 2.54. The highest BCUT2D eigenvalue weighted by Crippen LogP contribution is 2.15. The number of nitrogens with zero attached hydrogens (tertiary/aromatic N) is 2. The van der Waals surface area contributed by atoms with E-state index in [9.17, 15) is 4.79 Å². The molecule has 5 heteroatoms. The van der Waals surface area contributed by atoms with E-state index < -0.39 is 0 Å². The molecule has 0 atom stereocenters. The van der Waals surface area contributed by atoms with Crippen LogP contribution in [-0.2, 0) is 17.8 Å². The zero-order valence-corrected chi connectivity index (χ0v) is 13.5. The zero-order valence-electron chi connectivity index (χ0n) is 12.7. The fraction of sp³-hybridized carbons (Fsp3) is 0.222. The number of imidazole rings is 1. The second-order valence-electron chi connectivity index (χ2n) is 5.40. The van der Waals surface area contributed by atoms with Crippen molar-refractivity contribution < 1.29 is 4.79 Å². The van der Waals surface area contributed by atoms with Crippen molar-refractivity contribution in [1.29, 1.82) is 0 Å². The molecule has 23 heavy (non-hydrogen) atoms. The molecule has 0 aliphatic heterocycles. The van der Waals surface area contributed by atoms with Gasteiger partial charge in [0.05, 0.1) is 23.8 Å². The molecule has 4 nitrogen and oxygen atoms in total. The first-order valence-corrected chi connectivity index (χ1v) is 8.02. The quantitative estimate of drug-likeness (QED) is 0.705. The number of aryl methyl sites for hydroxylation is 1. The number of rotatable bonds is 6.